The molecule has 0 N–H and O–H groups in total. The zero-order chi connectivity index (χ0) is 19.8. The number of hydrogen-bond donors (Lipinski definition) is 0. The highest BCUT2D eigenvalue weighted by Gasteiger charge is 2.64. The molecule has 0 saturated carbocycles. The van der Waals surface area contributed by atoms with Crippen LogP contribution in [0.1, 0.15) is 45.7 Å². The largest absolute Gasteiger partial charge is 0.353 e. The summed E-state index contributed by atoms with van der Waals surface area (Å²) in [5.41, 5.74) is 3.66. The lowest BCUT2D eigenvalue weighted by Gasteiger charge is -2.39. The maximum Gasteiger partial charge on any atom is 0.236 e. The predicted molar refractivity (Wildman–Crippen MR) is 104 cm³/mol. The summed E-state index contributed by atoms with van der Waals surface area (Å²) in [5, 5.41) is 0. The van der Waals surface area contributed by atoms with Gasteiger partial charge in [-0.05, 0) is 59.2 Å². The van der Waals surface area contributed by atoms with E-state index in [9.17, 15) is 14.4 Å². The van der Waals surface area contributed by atoms with Crippen LogP contribution in [-0.2, 0) is 14.4 Å². The smallest absolute Gasteiger partial charge is 0.236 e. The topological polar surface area (TPSA) is 57.7 Å². The number of aryl methyl sites for hydroxylation is 1. The Morgan fingerprint density at radius 1 is 1.04 bits per heavy atom. The summed E-state index contributed by atoms with van der Waals surface area (Å²) in [6.07, 6.45) is 2.07. The van der Waals surface area contributed by atoms with Gasteiger partial charge < -0.3 is 4.90 Å². The van der Waals surface area contributed by atoms with Gasteiger partial charge in [0, 0.05) is 16.8 Å². The number of benzene rings is 1. The molecule has 2 saturated heterocycles. The van der Waals surface area contributed by atoms with Crippen LogP contribution >= 0.6 is 0 Å². The first-order valence-electron chi connectivity index (χ1n) is 9.50. The van der Waals surface area contributed by atoms with E-state index in [2.05, 4.69) is 12.1 Å². The van der Waals surface area contributed by atoms with E-state index < -0.39 is 23.4 Å². The molecule has 142 valence electrons. The number of allylic oxidation sites excluding steroid dienone is 1. The fourth-order valence-corrected chi connectivity index (χ4v) is 5.08. The number of rotatable bonds is 1. The first-order chi connectivity index (χ1) is 12.5. The number of carbonyl (C=O) groups excluding carboxylic acids is 3. The first kappa shape index (κ1) is 18.0. The van der Waals surface area contributed by atoms with E-state index in [4.69, 9.17) is 0 Å². The lowest BCUT2D eigenvalue weighted by atomic mass is 9.87. The van der Waals surface area contributed by atoms with Crippen LogP contribution in [0.4, 0.5) is 5.69 Å². The van der Waals surface area contributed by atoms with Crippen LogP contribution in [0.3, 0.4) is 0 Å². The second-order valence-electron chi connectivity index (χ2n) is 9.06. The Hall–Kier alpha value is -2.43. The summed E-state index contributed by atoms with van der Waals surface area (Å²) < 4.78 is 0. The molecule has 3 heterocycles. The van der Waals surface area contributed by atoms with Gasteiger partial charge >= 0.3 is 0 Å². The molecule has 0 unspecified atom stereocenters. The molecule has 27 heavy (non-hydrogen) atoms. The number of Topliss-reactive ketones (excluding diaryl/α,β-unsaturated/α-hetero) is 1. The van der Waals surface area contributed by atoms with Gasteiger partial charge in [-0.25, -0.2) is 0 Å². The Morgan fingerprint density at radius 2 is 1.67 bits per heavy atom. The van der Waals surface area contributed by atoms with Gasteiger partial charge in [0.2, 0.25) is 11.8 Å². The molecule has 0 aliphatic carbocycles. The van der Waals surface area contributed by atoms with Crippen molar-refractivity contribution in [1.29, 1.82) is 0 Å². The van der Waals surface area contributed by atoms with Gasteiger partial charge in [0.05, 0.1) is 17.9 Å². The maximum absolute atomic E-state index is 13.3. The molecule has 0 spiro atoms. The van der Waals surface area contributed by atoms with Gasteiger partial charge in [0.1, 0.15) is 6.04 Å². The van der Waals surface area contributed by atoms with Crippen LogP contribution in [-0.4, -0.2) is 40.1 Å². The van der Waals surface area contributed by atoms with Crippen molar-refractivity contribution in [2.75, 3.05) is 4.90 Å². The minimum atomic E-state index is -0.615. The van der Waals surface area contributed by atoms with Crippen molar-refractivity contribution in [2.45, 2.75) is 59.2 Å². The third kappa shape index (κ3) is 2.33. The average molecular weight is 366 g/mol. The Bertz CT molecular complexity index is 909. The van der Waals surface area contributed by atoms with E-state index in [0.29, 0.717) is 0 Å². The lowest BCUT2D eigenvalue weighted by Crippen LogP contribution is -2.52. The fourth-order valence-electron chi connectivity index (χ4n) is 5.08. The molecule has 0 radical (unpaired) electrons. The van der Waals surface area contributed by atoms with Gasteiger partial charge in [-0.15, -0.1) is 0 Å². The Balaban J connectivity index is 1.90. The summed E-state index contributed by atoms with van der Waals surface area (Å²) in [6, 6.07) is 5.28. The van der Waals surface area contributed by atoms with Crippen molar-refractivity contribution in [3.8, 4) is 0 Å². The SMILES string of the molecule is CC(=O)[C@@H]1[C@@H]2C(=O)N(C(C)(C)C)C(=O)[C@@H]2[C@@H]2C=C(C)c3cc(C)ccc3N12. The molecule has 0 bridgehead atoms. The maximum atomic E-state index is 13.3. The average Bonchev–Trinajstić information content (AvgIpc) is 3.01. The number of anilines is 1. The summed E-state index contributed by atoms with van der Waals surface area (Å²) in [7, 11) is 0. The van der Waals surface area contributed by atoms with Crippen LogP contribution in [0.5, 0.6) is 0 Å². The zero-order valence-corrected chi connectivity index (χ0v) is 16.7. The Morgan fingerprint density at radius 3 is 2.26 bits per heavy atom. The Kier molecular flexibility index (Phi) is 3.68. The number of likely N-dealkylation sites (tertiary alicyclic amines) is 1. The van der Waals surface area contributed by atoms with Crippen molar-refractivity contribution in [3.05, 3.63) is 35.4 Å². The van der Waals surface area contributed by atoms with Crippen LogP contribution < -0.4 is 4.90 Å². The molecular formula is C22H26N2O3. The predicted octanol–water partition coefficient (Wildman–Crippen LogP) is 2.96. The van der Waals surface area contributed by atoms with E-state index >= 15 is 0 Å². The van der Waals surface area contributed by atoms with E-state index in [-0.39, 0.29) is 23.6 Å². The highest BCUT2D eigenvalue weighted by molar-refractivity contribution is 6.11. The van der Waals surface area contributed by atoms with Gasteiger partial charge in [-0.3, -0.25) is 19.3 Å². The van der Waals surface area contributed by atoms with Crippen LogP contribution in [0, 0.1) is 18.8 Å². The number of ketones is 1. The van der Waals surface area contributed by atoms with Gasteiger partial charge in [-0.1, -0.05) is 17.7 Å². The molecule has 2 amide bonds. The minimum absolute atomic E-state index is 0.0658. The van der Waals surface area contributed by atoms with Crippen molar-refractivity contribution in [2.24, 2.45) is 11.8 Å². The van der Waals surface area contributed by atoms with E-state index in [1.165, 1.54) is 11.8 Å². The quantitative estimate of drug-likeness (QED) is 0.717. The summed E-state index contributed by atoms with van der Waals surface area (Å²) >= 11 is 0. The van der Waals surface area contributed by atoms with Crippen molar-refractivity contribution in [3.63, 3.8) is 0 Å². The molecule has 3 aliphatic rings. The molecule has 2 fully saturated rings. The lowest BCUT2D eigenvalue weighted by molar-refractivity contribution is -0.146. The first-order valence-corrected chi connectivity index (χ1v) is 9.50. The highest BCUT2D eigenvalue weighted by atomic mass is 16.2. The van der Waals surface area contributed by atoms with Gasteiger partial charge in [0.15, 0.2) is 5.78 Å². The molecule has 1 aromatic rings. The standard InChI is InChI=1S/C22H26N2O3/c1-11-7-8-15-14(9-11)12(2)10-16-17-18(19(13(3)25)23(15)16)21(27)24(20(17)26)22(4,5)6/h7-10,16-19H,1-6H3/t16-,17+,18+,19+/m0/s1. The fraction of sp³-hybridized carbons (Fsp3) is 0.500. The second kappa shape index (κ2) is 5.54. The highest BCUT2D eigenvalue weighted by Crippen LogP contribution is 2.51. The molecule has 0 aromatic heterocycles. The number of imide groups is 1. The number of carbonyl (C=O) groups is 3. The third-order valence-electron chi connectivity index (χ3n) is 6.09. The van der Waals surface area contributed by atoms with Crippen LogP contribution in [0.25, 0.3) is 5.57 Å². The number of nitrogens with zero attached hydrogens (tertiary/aromatic N) is 2. The number of fused-ring (bicyclic) bond motifs is 5. The van der Waals surface area contributed by atoms with E-state index in [0.717, 1.165) is 22.4 Å². The number of amides is 2. The van der Waals surface area contributed by atoms with Gasteiger partial charge in [-0.2, -0.15) is 0 Å². The Labute approximate surface area is 160 Å². The number of hydrogen-bond acceptors (Lipinski definition) is 4. The van der Waals surface area contributed by atoms with Crippen molar-refractivity contribution < 1.29 is 14.4 Å². The minimum Gasteiger partial charge on any atom is -0.353 e. The van der Waals surface area contributed by atoms with Crippen LogP contribution in [0.2, 0.25) is 0 Å². The molecule has 3 aliphatic heterocycles. The molecule has 5 heteroatoms. The summed E-state index contributed by atoms with van der Waals surface area (Å²) in [6.45, 7) is 11.2. The molecule has 5 nitrogen and oxygen atoms in total. The zero-order valence-electron chi connectivity index (χ0n) is 16.7. The molecule has 1 aromatic carbocycles. The molecule has 4 atom stereocenters. The van der Waals surface area contributed by atoms with Crippen molar-refractivity contribution in [1.82, 2.24) is 4.90 Å². The van der Waals surface area contributed by atoms with Crippen LogP contribution in [0.15, 0.2) is 24.3 Å². The van der Waals surface area contributed by atoms with E-state index in [1.807, 2.05) is 51.7 Å². The summed E-state index contributed by atoms with van der Waals surface area (Å²) in [4.78, 5) is 42.6. The van der Waals surface area contributed by atoms with Gasteiger partial charge in [0.25, 0.3) is 0 Å². The third-order valence-corrected chi connectivity index (χ3v) is 6.09. The van der Waals surface area contributed by atoms with Crippen molar-refractivity contribution >= 4 is 28.9 Å². The normalized spacial score (nSPS) is 29.5. The molecule has 4 rings (SSSR count). The van der Waals surface area contributed by atoms with E-state index in [1.54, 1.807) is 0 Å². The summed E-state index contributed by atoms with van der Waals surface area (Å²) in [5.74, 6) is -1.56. The second-order valence-corrected chi connectivity index (χ2v) is 9.06. The molecular weight excluding hydrogens is 340 g/mol. The monoisotopic (exact) mass is 366 g/mol.